The van der Waals surface area contributed by atoms with Crippen LogP contribution in [0.15, 0.2) is 24.7 Å². The number of hydrogen-bond acceptors (Lipinski definition) is 4. The minimum atomic E-state index is -2.67. The van der Waals surface area contributed by atoms with E-state index in [1.54, 1.807) is 12.3 Å². The van der Waals surface area contributed by atoms with E-state index in [4.69, 9.17) is 16.7 Å². The molecule has 1 saturated carbocycles. The van der Waals surface area contributed by atoms with E-state index in [0.29, 0.717) is 28.4 Å². The second kappa shape index (κ2) is 6.98. The van der Waals surface area contributed by atoms with E-state index in [0.717, 1.165) is 0 Å². The topological polar surface area (TPSA) is 63.0 Å². The van der Waals surface area contributed by atoms with Gasteiger partial charge >= 0.3 is 0 Å². The Balaban J connectivity index is 1.78. The minimum Gasteiger partial charge on any atom is -0.396 e. The van der Waals surface area contributed by atoms with Crippen molar-refractivity contribution in [3.8, 4) is 11.8 Å². The van der Waals surface area contributed by atoms with E-state index >= 15 is 0 Å². The predicted octanol–water partition coefficient (Wildman–Crippen LogP) is 3.09. The Hall–Kier alpha value is -2.17. The van der Waals surface area contributed by atoms with Gasteiger partial charge in [0.15, 0.2) is 0 Å². The summed E-state index contributed by atoms with van der Waals surface area (Å²) in [5, 5.41) is 16.5. The molecule has 0 aliphatic heterocycles. The third-order valence-corrected chi connectivity index (χ3v) is 4.10. The van der Waals surface area contributed by atoms with E-state index in [-0.39, 0.29) is 19.1 Å². The number of hydrogen-bond donors (Lipinski definition) is 2. The monoisotopic (exact) mass is 366 g/mol. The number of anilines is 1. The standard InChI is InChI=1S/C17H17ClF2N4O/c1-11(4-5-25)23-14-6-16(18)21-9-13(14)3-2-12-8-22-24(10-12)15-7-17(15,19)20/h6,8-11,15,25H,4-5,7H2,1H3,(H,21,23)/t11-,15?/m1/s1. The van der Waals surface area contributed by atoms with E-state index in [1.165, 1.54) is 17.1 Å². The SMILES string of the molecule is C[C@H](CCO)Nc1cc(Cl)ncc1C#Cc1cnn(C2CC2(F)F)c1. The van der Waals surface area contributed by atoms with Crippen molar-refractivity contribution in [3.63, 3.8) is 0 Å². The highest BCUT2D eigenvalue weighted by molar-refractivity contribution is 6.29. The Bertz CT molecular complexity index is 828. The molecule has 1 aliphatic carbocycles. The van der Waals surface area contributed by atoms with Gasteiger partial charge in [-0.2, -0.15) is 5.10 Å². The van der Waals surface area contributed by atoms with E-state index in [1.807, 2.05) is 6.92 Å². The largest absolute Gasteiger partial charge is 0.396 e. The zero-order chi connectivity index (χ0) is 18.0. The van der Waals surface area contributed by atoms with Crippen molar-refractivity contribution in [2.45, 2.75) is 37.8 Å². The lowest BCUT2D eigenvalue weighted by Gasteiger charge is -2.15. The van der Waals surface area contributed by atoms with Crippen LogP contribution in [0.25, 0.3) is 0 Å². The van der Waals surface area contributed by atoms with Crippen LogP contribution in [0.3, 0.4) is 0 Å². The maximum Gasteiger partial charge on any atom is 0.272 e. The number of nitrogens with zero attached hydrogens (tertiary/aromatic N) is 3. The van der Waals surface area contributed by atoms with Crippen LogP contribution in [0, 0.1) is 11.8 Å². The van der Waals surface area contributed by atoms with Crippen molar-refractivity contribution in [1.29, 1.82) is 0 Å². The van der Waals surface area contributed by atoms with Gasteiger partial charge in [0.2, 0.25) is 0 Å². The summed E-state index contributed by atoms with van der Waals surface area (Å²) in [7, 11) is 0. The van der Waals surface area contributed by atoms with Gasteiger partial charge < -0.3 is 10.4 Å². The number of halogens is 3. The molecule has 2 aromatic rings. The first-order chi connectivity index (χ1) is 11.9. The molecule has 2 N–H and O–H groups in total. The van der Waals surface area contributed by atoms with Crippen LogP contribution in [-0.2, 0) is 0 Å². The summed E-state index contributed by atoms with van der Waals surface area (Å²) in [6.45, 7) is 2.00. The molecule has 132 valence electrons. The molecule has 2 atom stereocenters. The Labute approximate surface area is 149 Å². The van der Waals surface area contributed by atoms with E-state index in [2.05, 4.69) is 27.2 Å². The molecule has 25 heavy (non-hydrogen) atoms. The summed E-state index contributed by atoms with van der Waals surface area (Å²) in [5.74, 6) is 3.20. The van der Waals surface area contributed by atoms with Gasteiger partial charge in [0.05, 0.1) is 23.0 Å². The summed E-state index contributed by atoms with van der Waals surface area (Å²) in [4.78, 5) is 4.02. The molecule has 1 unspecified atom stereocenters. The van der Waals surface area contributed by atoms with Gasteiger partial charge in [-0.05, 0) is 19.4 Å². The fourth-order valence-corrected chi connectivity index (χ4v) is 2.54. The predicted molar refractivity (Wildman–Crippen MR) is 90.8 cm³/mol. The number of aliphatic hydroxyl groups excluding tert-OH is 1. The molecule has 1 fully saturated rings. The number of aromatic nitrogens is 3. The van der Waals surface area contributed by atoms with E-state index < -0.39 is 12.0 Å². The van der Waals surface area contributed by atoms with Crippen LogP contribution in [0.4, 0.5) is 14.5 Å². The molecular weight excluding hydrogens is 350 g/mol. The zero-order valence-corrected chi connectivity index (χ0v) is 14.3. The lowest BCUT2D eigenvalue weighted by atomic mass is 10.2. The molecule has 0 aromatic carbocycles. The second-order valence-electron chi connectivity index (χ2n) is 6.05. The lowest BCUT2D eigenvalue weighted by molar-refractivity contribution is 0.0983. The second-order valence-corrected chi connectivity index (χ2v) is 6.44. The van der Waals surface area contributed by atoms with Crippen LogP contribution >= 0.6 is 11.6 Å². The number of alkyl halides is 2. The van der Waals surface area contributed by atoms with Gasteiger partial charge in [-0.25, -0.2) is 13.8 Å². The van der Waals surface area contributed by atoms with Gasteiger partial charge in [0.25, 0.3) is 5.92 Å². The van der Waals surface area contributed by atoms with Crippen molar-refractivity contribution in [2.75, 3.05) is 11.9 Å². The van der Waals surface area contributed by atoms with Crippen LogP contribution in [0.1, 0.15) is 36.9 Å². The average molecular weight is 367 g/mol. The molecule has 1 aliphatic rings. The molecule has 0 bridgehead atoms. The minimum absolute atomic E-state index is 0.0314. The smallest absolute Gasteiger partial charge is 0.272 e. The summed E-state index contributed by atoms with van der Waals surface area (Å²) >= 11 is 5.93. The number of rotatable bonds is 5. The highest BCUT2D eigenvalue weighted by Gasteiger charge is 2.59. The molecule has 2 aromatic heterocycles. The van der Waals surface area contributed by atoms with Gasteiger partial charge in [0, 0.05) is 31.5 Å². The molecular formula is C17H17ClF2N4O. The normalized spacial score (nSPS) is 19.0. The highest BCUT2D eigenvalue weighted by atomic mass is 35.5. The Morgan fingerprint density at radius 3 is 2.92 bits per heavy atom. The van der Waals surface area contributed by atoms with Gasteiger partial charge in [0.1, 0.15) is 11.2 Å². The highest BCUT2D eigenvalue weighted by Crippen LogP contribution is 2.52. The van der Waals surface area contributed by atoms with E-state index in [9.17, 15) is 8.78 Å². The molecule has 0 spiro atoms. The first kappa shape index (κ1) is 17.6. The van der Waals surface area contributed by atoms with Crippen molar-refractivity contribution < 1.29 is 13.9 Å². The molecule has 0 radical (unpaired) electrons. The average Bonchev–Trinajstić information content (AvgIpc) is 2.96. The fraction of sp³-hybridized carbons (Fsp3) is 0.412. The first-order valence-corrected chi connectivity index (χ1v) is 8.24. The number of pyridine rings is 1. The number of nitrogens with one attached hydrogen (secondary N) is 1. The third kappa shape index (κ3) is 4.27. The molecule has 2 heterocycles. The molecule has 8 heteroatoms. The first-order valence-electron chi connectivity index (χ1n) is 7.86. The fourth-order valence-electron chi connectivity index (χ4n) is 2.38. The molecule has 0 saturated heterocycles. The van der Waals surface area contributed by atoms with Crippen molar-refractivity contribution in [3.05, 3.63) is 40.9 Å². The summed E-state index contributed by atoms with van der Waals surface area (Å²) < 4.78 is 27.4. The van der Waals surface area contributed by atoms with Crippen molar-refractivity contribution >= 4 is 17.3 Å². The van der Waals surface area contributed by atoms with Crippen LogP contribution in [0.5, 0.6) is 0 Å². The summed E-state index contributed by atoms with van der Waals surface area (Å²) in [6.07, 6.45) is 4.92. The summed E-state index contributed by atoms with van der Waals surface area (Å²) in [5.41, 5.74) is 1.88. The molecule has 5 nitrogen and oxygen atoms in total. The summed E-state index contributed by atoms with van der Waals surface area (Å²) in [6, 6.07) is 0.828. The Morgan fingerprint density at radius 1 is 1.48 bits per heavy atom. The molecule has 0 amide bonds. The molecule has 3 rings (SSSR count). The van der Waals surface area contributed by atoms with Crippen molar-refractivity contribution in [2.24, 2.45) is 0 Å². The van der Waals surface area contributed by atoms with Crippen molar-refractivity contribution in [1.82, 2.24) is 14.8 Å². The van der Waals surface area contributed by atoms with Crippen LogP contribution in [-0.4, -0.2) is 38.4 Å². The van der Waals surface area contributed by atoms with Gasteiger partial charge in [-0.15, -0.1) is 0 Å². The van der Waals surface area contributed by atoms with Crippen LogP contribution in [0.2, 0.25) is 5.15 Å². The third-order valence-electron chi connectivity index (χ3n) is 3.89. The Morgan fingerprint density at radius 2 is 2.24 bits per heavy atom. The quantitative estimate of drug-likeness (QED) is 0.630. The van der Waals surface area contributed by atoms with Gasteiger partial charge in [-0.1, -0.05) is 23.4 Å². The maximum absolute atomic E-state index is 13.1. The van der Waals surface area contributed by atoms with Gasteiger partial charge in [-0.3, -0.25) is 4.68 Å². The lowest BCUT2D eigenvalue weighted by Crippen LogP contribution is -2.17. The number of aliphatic hydroxyl groups is 1. The zero-order valence-electron chi connectivity index (χ0n) is 13.5. The van der Waals surface area contributed by atoms with Crippen LogP contribution < -0.4 is 5.32 Å². The maximum atomic E-state index is 13.1. The Kier molecular flexibility index (Phi) is 4.93.